The maximum Gasteiger partial charge on any atom is 0.202 e. The molecule has 0 heterocycles. The number of fused-ring (bicyclic) bond motifs is 3. The van der Waals surface area contributed by atoms with Crippen LogP contribution >= 0.6 is 0 Å². The van der Waals surface area contributed by atoms with E-state index in [2.05, 4.69) is 11.8 Å². The lowest BCUT2D eigenvalue weighted by Gasteiger charge is -2.50. The molecule has 0 amide bonds. The van der Waals surface area contributed by atoms with Gasteiger partial charge in [0.2, 0.25) is 5.78 Å². The Morgan fingerprint density at radius 1 is 1.14 bits per heavy atom. The molecule has 190 valence electrons. The fourth-order valence-electron chi connectivity index (χ4n) is 5.76. The van der Waals surface area contributed by atoms with Gasteiger partial charge in [-0.2, -0.15) is 0 Å². The Morgan fingerprint density at radius 2 is 1.81 bits per heavy atom. The molecule has 0 aliphatic heterocycles. The van der Waals surface area contributed by atoms with Crippen molar-refractivity contribution in [3.63, 3.8) is 0 Å². The molecule has 0 bridgehead atoms. The number of rotatable bonds is 3. The zero-order valence-electron chi connectivity index (χ0n) is 20.9. The largest absolute Gasteiger partial charge is 0.508 e. The van der Waals surface area contributed by atoms with Crippen molar-refractivity contribution in [3.8, 4) is 17.6 Å². The van der Waals surface area contributed by atoms with E-state index >= 15 is 0 Å². The predicted molar refractivity (Wildman–Crippen MR) is 131 cm³/mol. The monoisotopic (exact) mass is 494 g/mol. The first-order valence-corrected chi connectivity index (χ1v) is 11.7. The van der Waals surface area contributed by atoms with Crippen LogP contribution in [-0.2, 0) is 20.8 Å². The zero-order chi connectivity index (χ0) is 26.7. The summed E-state index contributed by atoms with van der Waals surface area (Å²) in [6.45, 7) is 1.58. The number of hydrogen-bond donors (Lipinski definition) is 4. The van der Waals surface area contributed by atoms with Crippen LogP contribution in [0, 0.1) is 23.7 Å². The van der Waals surface area contributed by atoms with Crippen LogP contribution < -0.4 is 0 Å². The number of hydrogen-bond acceptors (Lipinski definition) is 9. The highest BCUT2D eigenvalue weighted by atomic mass is 16.3. The smallest absolute Gasteiger partial charge is 0.202 e. The molecule has 9 heteroatoms. The van der Waals surface area contributed by atoms with Gasteiger partial charge in [0.1, 0.15) is 22.8 Å². The van der Waals surface area contributed by atoms with E-state index in [-0.39, 0.29) is 29.7 Å². The van der Waals surface area contributed by atoms with Crippen LogP contribution in [0.5, 0.6) is 5.75 Å². The minimum absolute atomic E-state index is 0.0552. The van der Waals surface area contributed by atoms with E-state index in [0.717, 1.165) is 6.92 Å². The summed E-state index contributed by atoms with van der Waals surface area (Å²) in [6.07, 6.45) is 0.303. The molecule has 4 atom stereocenters. The van der Waals surface area contributed by atoms with Crippen molar-refractivity contribution in [2.75, 3.05) is 34.7 Å². The van der Waals surface area contributed by atoms with Gasteiger partial charge in [-0.15, -0.1) is 0 Å². The standard InChI is InChI=1S/C27H30N2O7/c1-13(30)19-24(33)22(29(4)5)17-12-15-11-16-14(7-6-10-28(2)3)8-9-18(31)21(16)23(32)20(15)26(35)27(17,36)25(19)34/h8-9,15,17,22,31-32,34,36H,10-12H2,1-5H3/t15-,17-,22-,27+/m0/s1. The second-order valence-electron chi connectivity index (χ2n) is 10.2. The van der Waals surface area contributed by atoms with Crippen LogP contribution in [0.2, 0.25) is 0 Å². The molecule has 3 aliphatic carbocycles. The number of Topliss-reactive ketones (excluding diaryl/α,β-unsaturated/α-hetero) is 3. The Morgan fingerprint density at radius 3 is 2.39 bits per heavy atom. The van der Waals surface area contributed by atoms with Gasteiger partial charge in [0.05, 0.1) is 18.2 Å². The highest BCUT2D eigenvalue weighted by molar-refractivity contribution is 6.25. The van der Waals surface area contributed by atoms with E-state index in [1.807, 2.05) is 19.0 Å². The summed E-state index contributed by atoms with van der Waals surface area (Å²) in [7, 11) is 6.96. The second-order valence-corrected chi connectivity index (χ2v) is 10.2. The summed E-state index contributed by atoms with van der Waals surface area (Å²) in [5, 5.41) is 44.4. The second kappa shape index (κ2) is 8.89. The van der Waals surface area contributed by atoms with Crippen LogP contribution in [0.25, 0.3) is 5.76 Å². The molecule has 0 radical (unpaired) electrons. The van der Waals surface area contributed by atoms with Crippen LogP contribution in [0.15, 0.2) is 29.0 Å². The molecule has 9 nitrogen and oxygen atoms in total. The number of aliphatic hydroxyl groups excluding tert-OH is 2. The minimum atomic E-state index is -2.57. The third-order valence-electron chi connectivity index (χ3n) is 7.33. The lowest BCUT2D eigenvalue weighted by Crippen LogP contribution is -2.65. The Labute approximate surface area is 209 Å². The maximum absolute atomic E-state index is 13.8. The fraction of sp³-hybridized carbons (Fsp3) is 0.444. The van der Waals surface area contributed by atoms with E-state index < -0.39 is 57.9 Å². The molecule has 1 aromatic carbocycles. The van der Waals surface area contributed by atoms with Crippen molar-refractivity contribution in [2.45, 2.75) is 31.4 Å². The fourth-order valence-corrected chi connectivity index (χ4v) is 5.76. The molecule has 0 saturated heterocycles. The van der Waals surface area contributed by atoms with Gasteiger partial charge in [0, 0.05) is 17.1 Å². The van der Waals surface area contributed by atoms with Gasteiger partial charge in [-0.3, -0.25) is 24.2 Å². The first-order valence-electron chi connectivity index (χ1n) is 11.7. The molecule has 3 aliphatic rings. The number of carbonyl (C=O) groups is 3. The summed E-state index contributed by atoms with van der Waals surface area (Å²) in [6, 6.07) is 1.99. The third kappa shape index (κ3) is 3.64. The number of nitrogens with zero attached hydrogens (tertiary/aromatic N) is 2. The molecule has 4 N–H and O–H groups in total. The molecule has 1 aromatic rings. The summed E-state index contributed by atoms with van der Waals surface area (Å²) in [5.74, 6) is 0.305. The summed E-state index contributed by atoms with van der Waals surface area (Å²) >= 11 is 0. The Hall–Kier alpha value is -3.45. The third-order valence-corrected chi connectivity index (χ3v) is 7.33. The summed E-state index contributed by atoms with van der Waals surface area (Å²) in [4.78, 5) is 42.7. The number of ketones is 3. The van der Waals surface area contributed by atoms with Gasteiger partial charge in [0.25, 0.3) is 0 Å². The van der Waals surface area contributed by atoms with E-state index in [9.17, 15) is 34.8 Å². The lowest BCUT2D eigenvalue weighted by molar-refractivity contribution is -0.153. The quantitative estimate of drug-likeness (QED) is 0.358. The number of carbonyl (C=O) groups excluding carboxylic acids is 3. The van der Waals surface area contributed by atoms with Gasteiger partial charge < -0.3 is 20.4 Å². The molecular formula is C27H30N2O7. The normalized spacial score (nSPS) is 27.5. The molecule has 1 fully saturated rings. The van der Waals surface area contributed by atoms with Gasteiger partial charge in [-0.05, 0) is 71.6 Å². The average molecular weight is 495 g/mol. The Kier molecular flexibility index (Phi) is 6.33. The SMILES string of the molecule is CC(=O)C1=C(O)[C@@]2(O)C(=O)C3=C(O)c4c(O)ccc(C#CCN(C)C)c4C[C@H]3C[C@H]2[C@H](N(C)C)C1=O. The van der Waals surface area contributed by atoms with Crippen LogP contribution in [0.3, 0.4) is 0 Å². The van der Waals surface area contributed by atoms with E-state index in [0.29, 0.717) is 17.7 Å². The molecule has 4 rings (SSSR count). The number of phenols is 1. The van der Waals surface area contributed by atoms with Crippen molar-refractivity contribution in [1.82, 2.24) is 9.80 Å². The minimum Gasteiger partial charge on any atom is -0.508 e. The van der Waals surface area contributed by atoms with Crippen LogP contribution in [-0.4, -0.2) is 94.0 Å². The molecule has 0 spiro atoms. The van der Waals surface area contributed by atoms with Crippen molar-refractivity contribution >= 4 is 23.1 Å². The molecule has 0 aromatic heterocycles. The molecule has 36 heavy (non-hydrogen) atoms. The number of aliphatic hydroxyl groups is 3. The summed E-state index contributed by atoms with van der Waals surface area (Å²) in [5.41, 5.74) is -2.11. The molecule has 0 unspecified atom stereocenters. The van der Waals surface area contributed by atoms with E-state index in [1.54, 1.807) is 20.2 Å². The van der Waals surface area contributed by atoms with Crippen molar-refractivity contribution in [1.29, 1.82) is 0 Å². The Bertz CT molecular complexity index is 1310. The average Bonchev–Trinajstić information content (AvgIpc) is 2.77. The topological polar surface area (TPSA) is 139 Å². The van der Waals surface area contributed by atoms with Crippen LogP contribution in [0.4, 0.5) is 0 Å². The highest BCUT2D eigenvalue weighted by Crippen LogP contribution is 2.52. The first kappa shape index (κ1) is 25.6. The van der Waals surface area contributed by atoms with Gasteiger partial charge in [0.15, 0.2) is 17.2 Å². The van der Waals surface area contributed by atoms with Crippen LogP contribution in [0.1, 0.15) is 30.0 Å². The summed E-state index contributed by atoms with van der Waals surface area (Å²) < 4.78 is 0. The van der Waals surface area contributed by atoms with Crippen molar-refractivity contribution in [3.05, 3.63) is 45.7 Å². The lowest BCUT2D eigenvalue weighted by atomic mass is 9.57. The first-order chi connectivity index (χ1) is 16.8. The van der Waals surface area contributed by atoms with Gasteiger partial charge in [-0.25, -0.2) is 0 Å². The Balaban J connectivity index is 1.93. The number of benzene rings is 1. The van der Waals surface area contributed by atoms with Gasteiger partial charge in [-0.1, -0.05) is 11.8 Å². The maximum atomic E-state index is 13.8. The predicted octanol–water partition coefficient (Wildman–Crippen LogP) is 0.981. The zero-order valence-corrected chi connectivity index (χ0v) is 20.9. The number of phenolic OH excluding ortho intramolecular Hbond substituents is 1. The van der Waals surface area contributed by atoms with Crippen molar-refractivity contribution < 1.29 is 34.8 Å². The van der Waals surface area contributed by atoms with Crippen molar-refractivity contribution in [2.24, 2.45) is 11.8 Å². The number of aromatic hydroxyl groups is 1. The van der Waals surface area contributed by atoms with E-state index in [4.69, 9.17) is 0 Å². The molecule has 1 saturated carbocycles. The van der Waals surface area contributed by atoms with Gasteiger partial charge >= 0.3 is 0 Å². The number of likely N-dealkylation sites (N-methyl/N-ethyl adjacent to an activating group) is 1. The highest BCUT2D eigenvalue weighted by Gasteiger charge is 2.64. The molecular weight excluding hydrogens is 464 g/mol. The van der Waals surface area contributed by atoms with E-state index in [1.165, 1.54) is 11.0 Å².